The number of carbonyl (C=O) groups is 1. The number of rotatable bonds is 6. The summed E-state index contributed by atoms with van der Waals surface area (Å²) in [6.45, 7) is 4.84. The second kappa shape index (κ2) is 8.81. The quantitative estimate of drug-likeness (QED) is 0.572. The number of nitrogens with zero attached hydrogens (tertiary/aromatic N) is 3. The average molecular weight is 377 g/mol. The summed E-state index contributed by atoms with van der Waals surface area (Å²) in [4.78, 5) is 21.7. The second-order valence-corrected chi connectivity index (χ2v) is 6.81. The van der Waals surface area contributed by atoms with Gasteiger partial charge in [-0.25, -0.2) is 9.97 Å². The predicted octanol–water partition coefficient (Wildman–Crippen LogP) is 1.14. The monoisotopic (exact) mass is 377 g/mol. The van der Waals surface area contributed by atoms with Crippen molar-refractivity contribution >= 4 is 17.7 Å². The van der Waals surface area contributed by atoms with E-state index in [1.807, 2.05) is 19.9 Å². The molecule has 0 spiro atoms. The van der Waals surface area contributed by atoms with E-state index in [-0.39, 0.29) is 5.75 Å². The Hall–Kier alpha value is -1.39. The van der Waals surface area contributed by atoms with Crippen LogP contribution in [0.4, 0.5) is 13.2 Å². The number of hydrogen-bond acceptors (Lipinski definition) is 6. The molecule has 140 valence electrons. The highest BCUT2D eigenvalue weighted by Gasteiger charge is 2.43. The highest BCUT2D eigenvalue weighted by atomic mass is 32.2. The van der Waals surface area contributed by atoms with Crippen LogP contribution in [0.3, 0.4) is 0 Å². The van der Waals surface area contributed by atoms with E-state index in [0.717, 1.165) is 23.1 Å². The summed E-state index contributed by atoms with van der Waals surface area (Å²) < 4.78 is 39.8. The number of alkyl halides is 3. The largest absolute Gasteiger partial charge is 0.405 e. The minimum Gasteiger partial charge on any atom is -0.353 e. The molecule has 1 aromatic heterocycles. The van der Waals surface area contributed by atoms with Crippen molar-refractivity contribution in [2.75, 3.05) is 38.5 Å². The fraction of sp³-hybridized carbons (Fsp3) is 0.667. The third kappa shape index (κ3) is 6.44. The smallest absolute Gasteiger partial charge is 0.353 e. The summed E-state index contributed by atoms with van der Waals surface area (Å²) in [6.07, 6.45) is -4.38. The lowest BCUT2D eigenvalue weighted by Crippen LogP contribution is -2.57. The first-order chi connectivity index (χ1) is 11.8. The van der Waals surface area contributed by atoms with Gasteiger partial charge in [-0.15, -0.1) is 0 Å². The molecule has 0 aliphatic carbocycles. The summed E-state index contributed by atoms with van der Waals surface area (Å²) in [5.41, 5.74) is 1.57. The molecule has 1 aliphatic rings. The molecule has 0 saturated carbocycles. The van der Waals surface area contributed by atoms with Crippen LogP contribution in [-0.2, 0) is 4.79 Å². The van der Waals surface area contributed by atoms with E-state index in [9.17, 15) is 18.0 Å². The Balaban J connectivity index is 1.85. The predicted molar refractivity (Wildman–Crippen MR) is 89.5 cm³/mol. The molecular formula is C15H22F3N5OS. The number of thioether (sulfide) groups is 1. The highest BCUT2D eigenvalue weighted by Crippen LogP contribution is 2.24. The molecule has 0 radical (unpaired) electrons. The van der Waals surface area contributed by atoms with Gasteiger partial charge >= 0.3 is 6.18 Å². The Morgan fingerprint density at radius 1 is 1.32 bits per heavy atom. The number of amides is 1. The van der Waals surface area contributed by atoms with Gasteiger partial charge in [0.1, 0.15) is 6.04 Å². The van der Waals surface area contributed by atoms with E-state index >= 15 is 0 Å². The zero-order valence-electron chi connectivity index (χ0n) is 14.2. The molecule has 1 aliphatic heterocycles. The Labute approximate surface area is 149 Å². The minimum absolute atomic E-state index is 0.0188. The summed E-state index contributed by atoms with van der Waals surface area (Å²) >= 11 is 1.11. The number of aromatic nitrogens is 2. The molecule has 0 bridgehead atoms. The van der Waals surface area contributed by atoms with Crippen molar-refractivity contribution in [3.8, 4) is 0 Å². The number of nitrogens with one attached hydrogen (secondary N) is 2. The van der Waals surface area contributed by atoms with Gasteiger partial charge in [0.25, 0.3) is 0 Å². The van der Waals surface area contributed by atoms with Crippen molar-refractivity contribution in [3.63, 3.8) is 0 Å². The molecule has 1 saturated heterocycles. The number of hydrogen-bond donors (Lipinski definition) is 2. The van der Waals surface area contributed by atoms with Crippen LogP contribution >= 0.6 is 11.8 Å². The summed E-state index contributed by atoms with van der Waals surface area (Å²) in [7, 11) is 0. The molecule has 1 amide bonds. The van der Waals surface area contributed by atoms with Crippen LogP contribution < -0.4 is 10.6 Å². The Kier molecular flexibility index (Phi) is 7.03. The van der Waals surface area contributed by atoms with Gasteiger partial charge in [0.15, 0.2) is 5.16 Å². The number of halogens is 3. The van der Waals surface area contributed by atoms with Crippen LogP contribution in [0.15, 0.2) is 11.2 Å². The van der Waals surface area contributed by atoms with E-state index in [1.165, 1.54) is 4.90 Å². The molecule has 6 nitrogen and oxygen atoms in total. The van der Waals surface area contributed by atoms with Crippen LogP contribution in [-0.4, -0.2) is 71.5 Å². The topological polar surface area (TPSA) is 70.2 Å². The number of carbonyl (C=O) groups excluding carboxylic acids is 1. The lowest BCUT2D eigenvalue weighted by Gasteiger charge is -2.35. The van der Waals surface area contributed by atoms with Crippen LogP contribution in [0.2, 0.25) is 0 Å². The van der Waals surface area contributed by atoms with Gasteiger partial charge in [0.05, 0.1) is 5.75 Å². The third-order valence-electron chi connectivity index (χ3n) is 3.76. The molecule has 10 heteroatoms. The molecule has 2 heterocycles. The number of piperazine rings is 1. The van der Waals surface area contributed by atoms with Gasteiger partial charge < -0.3 is 10.6 Å². The molecule has 0 aromatic carbocycles. The first-order valence-electron chi connectivity index (χ1n) is 7.99. The summed E-state index contributed by atoms with van der Waals surface area (Å²) in [5.74, 6) is -0.480. The maximum Gasteiger partial charge on any atom is 0.405 e. The first kappa shape index (κ1) is 19.9. The van der Waals surface area contributed by atoms with Crippen LogP contribution in [0, 0.1) is 13.8 Å². The van der Waals surface area contributed by atoms with Crippen LogP contribution in [0.5, 0.6) is 0 Å². The standard InChI is InChI=1S/C15H22F3N5OS/c1-10-7-11(2)22-14(21-10)25-9-13(24)20-8-12(15(16,17)18)23-5-3-19-4-6-23/h7,12,19H,3-6,8-9H2,1-2H3,(H,20,24). The molecule has 25 heavy (non-hydrogen) atoms. The van der Waals surface area contributed by atoms with E-state index in [4.69, 9.17) is 0 Å². The normalized spacial score (nSPS) is 17.3. The van der Waals surface area contributed by atoms with Crippen molar-refractivity contribution in [1.82, 2.24) is 25.5 Å². The average Bonchev–Trinajstić information content (AvgIpc) is 2.52. The lowest BCUT2D eigenvalue weighted by molar-refractivity contribution is -0.183. The van der Waals surface area contributed by atoms with E-state index in [1.54, 1.807) is 0 Å². The second-order valence-electron chi connectivity index (χ2n) is 5.87. The molecule has 1 aromatic rings. The first-order valence-corrected chi connectivity index (χ1v) is 8.97. The number of aryl methyl sites for hydroxylation is 2. The maximum atomic E-state index is 13.3. The molecule has 1 fully saturated rings. The van der Waals surface area contributed by atoms with Gasteiger partial charge in [-0.2, -0.15) is 13.2 Å². The third-order valence-corrected chi connectivity index (χ3v) is 4.60. The fourth-order valence-electron chi connectivity index (χ4n) is 2.60. The Morgan fingerprint density at radius 3 is 2.48 bits per heavy atom. The van der Waals surface area contributed by atoms with Crippen molar-refractivity contribution < 1.29 is 18.0 Å². The van der Waals surface area contributed by atoms with Crippen molar-refractivity contribution in [2.24, 2.45) is 0 Å². The van der Waals surface area contributed by atoms with Gasteiger partial charge in [0.2, 0.25) is 5.91 Å². The zero-order chi connectivity index (χ0) is 18.4. The van der Waals surface area contributed by atoms with Gasteiger partial charge in [-0.3, -0.25) is 9.69 Å². The lowest BCUT2D eigenvalue weighted by atomic mass is 10.2. The van der Waals surface area contributed by atoms with E-state index in [0.29, 0.717) is 31.3 Å². The van der Waals surface area contributed by atoms with Crippen molar-refractivity contribution in [3.05, 3.63) is 17.5 Å². The molecular weight excluding hydrogens is 355 g/mol. The van der Waals surface area contributed by atoms with E-state index < -0.39 is 24.7 Å². The Morgan fingerprint density at radius 2 is 1.92 bits per heavy atom. The zero-order valence-corrected chi connectivity index (χ0v) is 15.0. The van der Waals surface area contributed by atoms with Crippen LogP contribution in [0.1, 0.15) is 11.4 Å². The van der Waals surface area contributed by atoms with Crippen molar-refractivity contribution in [1.29, 1.82) is 0 Å². The van der Waals surface area contributed by atoms with Gasteiger partial charge in [0, 0.05) is 44.1 Å². The van der Waals surface area contributed by atoms with Gasteiger partial charge in [-0.1, -0.05) is 11.8 Å². The summed E-state index contributed by atoms with van der Waals surface area (Å²) in [6, 6.07) is 0.145. The van der Waals surface area contributed by atoms with Crippen LogP contribution in [0.25, 0.3) is 0 Å². The minimum atomic E-state index is -4.38. The van der Waals surface area contributed by atoms with Crippen molar-refractivity contribution in [2.45, 2.75) is 31.2 Å². The molecule has 2 N–H and O–H groups in total. The van der Waals surface area contributed by atoms with Gasteiger partial charge in [-0.05, 0) is 19.9 Å². The molecule has 1 atom stereocenters. The summed E-state index contributed by atoms with van der Waals surface area (Å²) in [5, 5.41) is 5.85. The molecule has 1 unspecified atom stereocenters. The maximum absolute atomic E-state index is 13.3. The SMILES string of the molecule is Cc1cc(C)nc(SCC(=O)NCC(N2CCNCC2)C(F)(F)F)n1. The fourth-order valence-corrected chi connectivity index (χ4v) is 3.37. The Bertz CT molecular complexity index is 573. The van der Waals surface area contributed by atoms with E-state index in [2.05, 4.69) is 20.6 Å². The highest BCUT2D eigenvalue weighted by molar-refractivity contribution is 7.99. The molecule has 2 rings (SSSR count).